The number of hydrogen-bond acceptors (Lipinski definition) is 3. The summed E-state index contributed by atoms with van der Waals surface area (Å²) >= 11 is 0. The summed E-state index contributed by atoms with van der Waals surface area (Å²) in [6.07, 6.45) is 4.60. The first-order chi connectivity index (χ1) is 13.1. The molecule has 27 heavy (non-hydrogen) atoms. The van der Waals surface area contributed by atoms with Crippen LogP contribution in [0.25, 0.3) is 0 Å². The van der Waals surface area contributed by atoms with Crippen LogP contribution in [0.4, 0.5) is 5.82 Å². The van der Waals surface area contributed by atoms with Crippen molar-refractivity contribution in [2.75, 3.05) is 18.9 Å². The van der Waals surface area contributed by atoms with Gasteiger partial charge in [0.1, 0.15) is 0 Å². The summed E-state index contributed by atoms with van der Waals surface area (Å²) in [4.78, 5) is 19.2. The van der Waals surface area contributed by atoms with Crippen molar-refractivity contribution in [1.29, 1.82) is 0 Å². The molecule has 1 N–H and O–H groups in total. The van der Waals surface area contributed by atoms with Crippen molar-refractivity contribution in [1.82, 2.24) is 14.5 Å². The van der Waals surface area contributed by atoms with Gasteiger partial charge < -0.3 is 14.8 Å². The zero-order chi connectivity index (χ0) is 18.8. The van der Waals surface area contributed by atoms with Gasteiger partial charge in [0.25, 0.3) is 5.91 Å². The van der Waals surface area contributed by atoms with Crippen molar-refractivity contribution in [2.45, 2.75) is 26.4 Å². The number of nitrogens with one attached hydrogen (secondary N) is 1. The molecule has 0 atom stereocenters. The summed E-state index contributed by atoms with van der Waals surface area (Å²) in [5.74, 6) is 0.461. The minimum atomic E-state index is -0.113. The van der Waals surface area contributed by atoms with E-state index in [-0.39, 0.29) is 5.91 Å². The number of benzene rings is 2. The molecule has 0 spiro atoms. The maximum Gasteiger partial charge on any atom is 0.256 e. The molecule has 4 rings (SSSR count). The number of imidazole rings is 1. The topological polar surface area (TPSA) is 50.2 Å². The maximum absolute atomic E-state index is 12.6. The summed E-state index contributed by atoms with van der Waals surface area (Å²) in [6.45, 7) is 4.79. The van der Waals surface area contributed by atoms with Crippen molar-refractivity contribution in [3.8, 4) is 0 Å². The van der Waals surface area contributed by atoms with E-state index >= 15 is 0 Å². The quantitative estimate of drug-likeness (QED) is 0.775. The van der Waals surface area contributed by atoms with Crippen molar-refractivity contribution in [2.24, 2.45) is 0 Å². The van der Waals surface area contributed by atoms with E-state index in [0.29, 0.717) is 11.4 Å². The Morgan fingerprint density at radius 3 is 2.93 bits per heavy atom. The molecule has 0 radical (unpaired) electrons. The number of rotatable bonds is 4. The van der Waals surface area contributed by atoms with Crippen molar-refractivity contribution < 1.29 is 4.79 Å². The maximum atomic E-state index is 12.6. The van der Waals surface area contributed by atoms with E-state index in [4.69, 9.17) is 0 Å². The van der Waals surface area contributed by atoms with Crippen LogP contribution >= 0.6 is 0 Å². The summed E-state index contributed by atoms with van der Waals surface area (Å²) in [6, 6.07) is 14.4. The average molecular weight is 360 g/mol. The number of nitrogens with zero attached hydrogens (tertiary/aromatic N) is 3. The lowest BCUT2D eigenvalue weighted by Crippen LogP contribution is -2.26. The lowest BCUT2D eigenvalue weighted by molar-refractivity contribution is 0.102. The number of amides is 1. The smallest absolute Gasteiger partial charge is 0.256 e. The molecule has 2 heterocycles. The zero-order valence-electron chi connectivity index (χ0n) is 15.8. The van der Waals surface area contributed by atoms with Crippen LogP contribution in [0.15, 0.2) is 55.0 Å². The monoisotopic (exact) mass is 360 g/mol. The minimum absolute atomic E-state index is 0.113. The molecular weight excluding hydrogens is 336 g/mol. The third-order valence-electron chi connectivity index (χ3n) is 4.99. The van der Waals surface area contributed by atoms with Crippen molar-refractivity contribution in [3.63, 3.8) is 0 Å². The predicted octanol–water partition coefficient (Wildman–Crippen LogP) is 3.48. The molecule has 1 aromatic heterocycles. The molecule has 1 aliphatic heterocycles. The molecule has 0 saturated carbocycles. The van der Waals surface area contributed by atoms with Gasteiger partial charge in [0.15, 0.2) is 5.82 Å². The van der Waals surface area contributed by atoms with Gasteiger partial charge in [-0.05, 0) is 49.2 Å². The Balaban J connectivity index is 1.44. The van der Waals surface area contributed by atoms with Gasteiger partial charge in [-0.15, -0.1) is 0 Å². The highest BCUT2D eigenvalue weighted by molar-refractivity contribution is 6.03. The number of aryl methyl sites for hydroxylation is 1. The van der Waals surface area contributed by atoms with Gasteiger partial charge in [0, 0.05) is 31.4 Å². The number of aromatic nitrogens is 2. The largest absolute Gasteiger partial charge is 0.331 e. The van der Waals surface area contributed by atoms with E-state index in [1.165, 1.54) is 22.3 Å². The molecule has 3 aromatic rings. The van der Waals surface area contributed by atoms with Crippen LogP contribution in [-0.4, -0.2) is 34.0 Å². The predicted molar refractivity (Wildman–Crippen MR) is 107 cm³/mol. The van der Waals surface area contributed by atoms with Crippen LogP contribution in [0, 0.1) is 6.92 Å². The molecule has 2 aromatic carbocycles. The second kappa shape index (κ2) is 7.37. The molecular formula is C22H24N4O. The number of likely N-dealkylation sites (N-methyl/N-ethyl adjacent to an activating group) is 1. The van der Waals surface area contributed by atoms with Gasteiger partial charge >= 0.3 is 0 Å². The molecule has 0 fully saturated rings. The summed E-state index contributed by atoms with van der Waals surface area (Å²) in [7, 11) is 2.12. The third kappa shape index (κ3) is 4.09. The molecule has 0 bridgehead atoms. The highest BCUT2D eigenvalue weighted by Gasteiger charge is 2.16. The molecule has 138 valence electrons. The van der Waals surface area contributed by atoms with E-state index < -0.39 is 0 Å². The molecule has 0 aliphatic carbocycles. The lowest BCUT2D eigenvalue weighted by atomic mass is 9.97. The molecule has 5 nitrogen and oxygen atoms in total. The van der Waals surface area contributed by atoms with Crippen LogP contribution in [0.1, 0.15) is 32.6 Å². The highest BCUT2D eigenvalue weighted by atomic mass is 16.1. The zero-order valence-corrected chi connectivity index (χ0v) is 15.8. The molecule has 0 unspecified atom stereocenters. The van der Waals surface area contributed by atoms with Crippen LogP contribution < -0.4 is 5.32 Å². The molecule has 1 aliphatic rings. The lowest BCUT2D eigenvalue weighted by Gasteiger charge is -2.25. The Morgan fingerprint density at radius 2 is 2.07 bits per heavy atom. The summed E-state index contributed by atoms with van der Waals surface area (Å²) in [5, 5.41) is 2.91. The fourth-order valence-corrected chi connectivity index (χ4v) is 3.56. The first-order valence-corrected chi connectivity index (χ1v) is 9.26. The second-order valence-corrected chi connectivity index (χ2v) is 7.35. The Kier molecular flexibility index (Phi) is 4.77. The molecule has 5 heteroatoms. The highest BCUT2D eigenvalue weighted by Crippen LogP contribution is 2.20. The summed E-state index contributed by atoms with van der Waals surface area (Å²) in [5.41, 5.74) is 5.71. The van der Waals surface area contributed by atoms with Crippen LogP contribution in [-0.2, 0) is 19.5 Å². The average Bonchev–Trinajstić information content (AvgIpc) is 3.08. The van der Waals surface area contributed by atoms with Gasteiger partial charge in [-0.1, -0.05) is 35.9 Å². The minimum Gasteiger partial charge on any atom is -0.331 e. The number of fused-ring (bicyclic) bond motifs is 1. The van der Waals surface area contributed by atoms with Gasteiger partial charge in [0.05, 0.1) is 6.33 Å². The Hall–Kier alpha value is -2.92. The normalized spacial score (nSPS) is 14.0. The van der Waals surface area contributed by atoms with Crippen LogP contribution in [0.3, 0.4) is 0 Å². The van der Waals surface area contributed by atoms with Crippen LogP contribution in [0.5, 0.6) is 0 Å². The SMILES string of the molecule is Cc1cccc(Cn2cnc(NC(=O)c3ccc4c(c3)CCN(C)C4)c2)c1. The van der Waals surface area contributed by atoms with Gasteiger partial charge in [0.2, 0.25) is 0 Å². The first-order valence-electron chi connectivity index (χ1n) is 9.26. The van der Waals surface area contributed by atoms with E-state index in [1.54, 1.807) is 6.33 Å². The van der Waals surface area contributed by atoms with Crippen LogP contribution in [0.2, 0.25) is 0 Å². The van der Waals surface area contributed by atoms with Gasteiger partial charge in [-0.2, -0.15) is 0 Å². The van der Waals surface area contributed by atoms with Crippen molar-refractivity contribution in [3.05, 3.63) is 82.8 Å². The Morgan fingerprint density at radius 1 is 1.19 bits per heavy atom. The number of anilines is 1. The number of carbonyl (C=O) groups excluding carboxylic acids is 1. The first kappa shape index (κ1) is 17.5. The standard InChI is InChI=1S/C22H24N4O/c1-16-4-3-5-17(10-16)12-26-14-21(23-15-26)24-22(27)19-6-7-20-13-25(2)9-8-18(20)11-19/h3-7,10-11,14-15H,8-9,12-13H2,1-2H3,(H,24,27). The van der Waals surface area contributed by atoms with Crippen molar-refractivity contribution >= 4 is 11.7 Å². The summed E-state index contributed by atoms with van der Waals surface area (Å²) < 4.78 is 1.98. The number of carbonyl (C=O) groups is 1. The van der Waals surface area contributed by atoms with E-state index in [1.807, 2.05) is 22.9 Å². The number of hydrogen-bond donors (Lipinski definition) is 1. The van der Waals surface area contributed by atoms with E-state index in [2.05, 4.69) is 59.5 Å². The fourth-order valence-electron chi connectivity index (χ4n) is 3.56. The second-order valence-electron chi connectivity index (χ2n) is 7.35. The van der Waals surface area contributed by atoms with Gasteiger partial charge in [-0.25, -0.2) is 4.98 Å². The van der Waals surface area contributed by atoms with E-state index in [9.17, 15) is 4.79 Å². The molecule has 0 saturated heterocycles. The fraction of sp³-hybridized carbons (Fsp3) is 0.273. The Bertz CT molecular complexity index is 976. The molecule has 1 amide bonds. The Labute approximate surface area is 159 Å². The van der Waals surface area contributed by atoms with E-state index in [0.717, 1.165) is 26.1 Å². The van der Waals surface area contributed by atoms with Gasteiger partial charge in [-0.3, -0.25) is 4.79 Å². The third-order valence-corrected chi connectivity index (χ3v) is 4.99.